The van der Waals surface area contributed by atoms with Crippen molar-refractivity contribution >= 4 is 17.6 Å². The number of hydrogen-bond acceptors (Lipinski definition) is 4. The summed E-state index contributed by atoms with van der Waals surface area (Å²) in [6.45, 7) is 2.31. The topological polar surface area (TPSA) is 39.2 Å². The van der Waals surface area contributed by atoms with Gasteiger partial charge in [0.25, 0.3) is 0 Å². The van der Waals surface area contributed by atoms with Crippen molar-refractivity contribution in [3.63, 3.8) is 0 Å². The number of aryl methyl sites for hydroxylation is 1. The van der Waals surface area contributed by atoms with E-state index in [4.69, 9.17) is 4.74 Å². The number of halogens is 1. The highest BCUT2D eigenvalue weighted by atomic mass is 32.1. The van der Waals surface area contributed by atoms with Gasteiger partial charge in [0.2, 0.25) is 0 Å². The standard InChI is InChI=1S/C13H12FNO2S/c1-2-13-15-11(8-18-13)7-17-12-4-9(6-16)3-10(14)5-12/h3-6,8H,2,7H2,1H3. The summed E-state index contributed by atoms with van der Waals surface area (Å²) in [6.07, 6.45) is 1.48. The smallest absolute Gasteiger partial charge is 0.150 e. The van der Waals surface area contributed by atoms with E-state index >= 15 is 0 Å². The fraction of sp³-hybridized carbons (Fsp3) is 0.231. The molecule has 0 aliphatic rings. The molecule has 2 rings (SSSR count). The molecule has 3 nitrogen and oxygen atoms in total. The first-order chi connectivity index (χ1) is 8.71. The number of thiazole rings is 1. The second kappa shape index (κ2) is 5.73. The molecule has 1 aromatic carbocycles. The van der Waals surface area contributed by atoms with Crippen LogP contribution >= 0.6 is 11.3 Å². The van der Waals surface area contributed by atoms with Gasteiger partial charge in [-0.25, -0.2) is 9.37 Å². The number of hydrogen-bond donors (Lipinski definition) is 0. The van der Waals surface area contributed by atoms with E-state index < -0.39 is 5.82 Å². The van der Waals surface area contributed by atoms with E-state index in [1.54, 1.807) is 11.3 Å². The second-order valence-corrected chi connectivity index (χ2v) is 4.66. The Morgan fingerprint density at radius 1 is 1.44 bits per heavy atom. The fourth-order valence-corrected chi connectivity index (χ4v) is 2.20. The average Bonchev–Trinajstić information content (AvgIpc) is 2.83. The summed E-state index contributed by atoms with van der Waals surface area (Å²) >= 11 is 1.57. The molecular formula is C13H12FNO2S. The summed E-state index contributed by atoms with van der Waals surface area (Å²) in [4.78, 5) is 14.9. The number of nitrogens with zero attached hydrogens (tertiary/aromatic N) is 1. The van der Waals surface area contributed by atoms with Crippen LogP contribution in [-0.2, 0) is 13.0 Å². The molecule has 0 aliphatic carbocycles. The quantitative estimate of drug-likeness (QED) is 0.779. The normalized spacial score (nSPS) is 10.3. The number of ether oxygens (including phenoxy) is 1. The summed E-state index contributed by atoms with van der Waals surface area (Å²) in [5, 5.41) is 2.96. The lowest BCUT2D eigenvalue weighted by molar-refractivity contribution is 0.112. The molecule has 0 bridgehead atoms. The Kier molecular flexibility index (Phi) is 4.04. The molecule has 5 heteroatoms. The highest BCUT2D eigenvalue weighted by Crippen LogP contribution is 2.18. The van der Waals surface area contributed by atoms with Gasteiger partial charge in [-0.05, 0) is 18.6 Å². The third-order valence-electron chi connectivity index (χ3n) is 2.32. The largest absolute Gasteiger partial charge is 0.487 e. The van der Waals surface area contributed by atoms with E-state index in [1.807, 2.05) is 12.3 Å². The SMILES string of the molecule is CCc1nc(COc2cc(F)cc(C=O)c2)cs1. The van der Waals surface area contributed by atoms with Crippen molar-refractivity contribution in [1.29, 1.82) is 0 Å². The van der Waals surface area contributed by atoms with Crippen LogP contribution in [0, 0.1) is 5.82 Å². The first kappa shape index (κ1) is 12.7. The van der Waals surface area contributed by atoms with Crippen LogP contribution in [0.5, 0.6) is 5.75 Å². The van der Waals surface area contributed by atoms with Crippen molar-refractivity contribution in [1.82, 2.24) is 4.98 Å². The van der Waals surface area contributed by atoms with Gasteiger partial charge in [0.15, 0.2) is 0 Å². The molecular weight excluding hydrogens is 253 g/mol. The van der Waals surface area contributed by atoms with E-state index in [0.29, 0.717) is 12.0 Å². The van der Waals surface area contributed by atoms with Gasteiger partial charge in [0, 0.05) is 17.0 Å². The predicted octanol–water partition coefficient (Wildman–Crippen LogP) is 3.24. The zero-order chi connectivity index (χ0) is 13.0. The number of carbonyl (C=O) groups excluding carboxylic acids is 1. The van der Waals surface area contributed by atoms with Gasteiger partial charge < -0.3 is 4.74 Å². The van der Waals surface area contributed by atoms with E-state index in [2.05, 4.69) is 4.98 Å². The average molecular weight is 265 g/mol. The Bertz CT molecular complexity index is 554. The molecule has 94 valence electrons. The van der Waals surface area contributed by atoms with Crippen LogP contribution in [0.4, 0.5) is 4.39 Å². The Labute approximate surface area is 108 Å². The lowest BCUT2D eigenvalue weighted by Gasteiger charge is -2.05. The van der Waals surface area contributed by atoms with Gasteiger partial charge in [0.05, 0.1) is 10.7 Å². The van der Waals surface area contributed by atoms with Gasteiger partial charge in [-0.1, -0.05) is 6.92 Å². The summed E-state index contributed by atoms with van der Waals surface area (Å²) < 4.78 is 18.6. The Balaban J connectivity index is 2.05. The molecule has 0 radical (unpaired) electrons. The van der Waals surface area contributed by atoms with Gasteiger partial charge in [-0.3, -0.25) is 4.79 Å². The van der Waals surface area contributed by atoms with Crippen molar-refractivity contribution in [2.75, 3.05) is 0 Å². The summed E-state index contributed by atoms with van der Waals surface area (Å²) in [5.74, 6) is -0.148. The van der Waals surface area contributed by atoms with Crippen LogP contribution in [-0.4, -0.2) is 11.3 Å². The van der Waals surface area contributed by atoms with E-state index in [0.717, 1.165) is 23.2 Å². The highest BCUT2D eigenvalue weighted by Gasteiger charge is 2.04. The molecule has 0 unspecified atom stereocenters. The molecule has 1 aromatic heterocycles. The van der Waals surface area contributed by atoms with Gasteiger partial charge in [-0.2, -0.15) is 0 Å². The van der Waals surface area contributed by atoms with E-state index in [9.17, 15) is 9.18 Å². The monoisotopic (exact) mass is 265 g/mol. The third kappa shape index (κ3) is 3.13. The zero-order valence-corrected chi connectivity index (χ0v) is 10.7. The molecule has 0 fully saturated rings. The van der Waals surface area contributed by atoms with E-state index in [-0.39, 0.29) is 12.2 Å². The molecule has 0 saturated heterocycles. The molecule has 0 aliphatic heterocycles. The number of carbonyl (C=O) groups is 1. The Morgan fingerprint density at radius 2 is 2.28 bits per heavy atom. The minimum absolute atomic E-state index is 0.262. The molecule has 0 amide bonds. The lowest BCUT2D eigenvalue weighted by atomic mass is 10.2. The lowest BCUT2D eigenvalue weighted by Crippen LogP contribution is -1.97. The second-order valence-electron chi connectivity index (χ2n) is 3.71. The number of aromatic nitrogens is 1. The maximum absolute atomic E-state index is 13.1. The van der Waals surface area contributed by atoms with Crippen LogP contribution in [0.1, 0.15) is 28.0 Å². The van der Waals surface area contributed by atoms with Crippen molar-refractivity contribution in [3.05, 3.63) is 45.7 Å². The van der Waals surface area contributed by atoms with Crippen molar-refractivity contribution in [3.8, 4) is 5.75 Å². The minimum atomic E-state index is -0.484. The van der Waals surface area contributed by atoms with Crippen molar-refractivity contribution in [2.45, 2.75) is 20.0 Å². The number of rotatable bonds is 5. The summed E-state index contributed by atoms with van der Waals surface area (Å²) in [7, 11) is 0. The van der Waals surface area contributed by atoms with Gasteiger partial charge >= 0.3 is 0 Å². The molecule has 0 N–H and O–H groups in total. The number of benzene rings is 1. The van der Waals surface area contributed by atoms with Gasteiger partial charge in [0.1, 0.15) is 24.5 Å². The Hall–Kier alpha value is -1.75. The first-order valence-electron chi connectivity index (χ1n) is 5.53. The zero-order valence-electron chi connectivity index (χ0n) is 9.85. The Morgan fingerprint density at radius 3 is 2.94 bits per heavy atom. The van der Waals surface area contributed by atoms with Crippen LogP contribution in [0.2, 0.25) is 0 Å². The third-order valence-corrected chi connectivity index (χ3v) is 3.36. The van der Waals surface area contributed by atoms with Crippen LogP contribution in [0.25, 0.3) is 0 Å². The summed E-state index contributed by atoms with van der Waals surface area (Å²) in [6, 6.07) is 3.92. The van der Waals surface area contributed by atoms with E-state index in [1.165, 1.54) is 12.1 Å². The summed E-state index contributed by atoms with van der Waals surface area (Å²) in [5.41, 5.74) is 1.08. The van der Waals surface area contributed by atoms with Crippen molar-refractivity contribution < 1.29 is 13.9 Å². The van der Waals surface area contributed by atoms with Crippen molar-refractivity contribution in [2.24, 2.45) is 0 Å². The fourth-order valence-electron chi connectivity index (χ4n) is 1.47. The highest BCUT2D eigenvalue weighted by molar-refractivity contribution is 7.09. The van der Waals surface area contributed by atoms with Crippen LogP contribution in [0.15, 0.2) is 23.6 Å². The molecule has 1 heterocycles. The van der Waals surface area contributed by atoms with Crippen LogP contribution in [0.3, 0.4) is 0 Å². The number of aldehydes is 1. The molecule has 0 saturated carbocycles. The molecule has 18 heavy (non-hydrogen) atoms. The minimum Gasteiger partial charge on any atom is -0.487 e. The maximum atomic E-state index is 13.1. The van der Waals surface area contributed by atoms with Gasteiger partial charge in [-0.15, -0.1) is 11.3 Å². The van der Waals surface area contributed by atoms with Crippen LogP contribution < -0.4 is 4.74 Å². The molecule has 0 atom stereocenters. The molecule has 0 spiro atoms. The molecule has 2 aromatic rings. The maximum Gasteiger partial charge on any atom is 0.150 e. The predicted molar refractivity (Wildman–Crippen MR) is 67.6 cm³/mol. The first-order valence-corrected chi connectivity index (χ1v) is 6.41.